The molecule has 0 bridgehead atoms. The molecule has 1 unspecified atom stereocenters. The van der Waals surface area contributed by atoms with Gasteiger partial charge in [-0.05, 0) is 75.9 Å². The minimum atomic E-state index is -1.60. The topological polar surface area (TPSA) is 0 Å². The van der Waals surface area contributed by atoms with E-state index in [0.717, 1.165) is 5.66 Å². The summed E-state index contributed by atoms with van der Waals surface area (Å²) < 4.78 is 0. The second-order valence-electron chi connectivity index (χ2n) is 10.1. The number of hydrogen-bond acceptors (Lipinski definition) is 0. The first-order valence-corrected chi connectivity index (χ1v) is 18.2. The van der Waals surface area contributed by atoms with Gasteiger partial charge < -0.3 is 0 Å². The largest absolute Gasteiger partial charge is 0.107 e. The number of rotatable bonds is 13. The SMILES string of the molecule is CCCC[P+](C1=CC=C(C(C)[P+](CC)(CC)CCCC)CC1)(c1ccccc1)c1ccccc1. The fraction of sp³-hybridized carbons (Fsp3) is 0.500. The molecule has 184 valence electrons. The van der Waals surface area contributed by atoms with E-state index in [-0.39, 0.29) is 0 Å². The smallest absolute Gasteiger partial charge is 0.0652 e. The Morgan fingerprint density at radius 2 is 1.21 bits per heavy atom. The van der Waals surface area contributed by atoms with Gasteiger partial charge >= 0.3 is 0 Å². The highest BCUT2D eigenvalue weighted by atomic mass is 31.2. The zero-order chi connectivity index (χ0) is 24.4. The lowest BCUT2D eigenvalue weighted by molar-refractivity contribution is 0.848. The maximum Gasteiger partial charge on any atom is 0.107 e. The third-order valence-electron chi connectivity index (χ3n) is 8.47. The summed E-state index contributed by atoms with van der Waals surface area (Å²) >= 11 is 0. The molecule has 0 amide bonds. The van der Waals surface area contributed by atoms with Gasteiger partial charge in [-0.2, -0.15) is 0 Å². The van der Waals surface area contributed by atoms with Crippen molar-refractivity contribution >= 4 is 25.1 Å². The summed E-state index contributed by atoms with van der Waals surface area (Å²) in [5.74, 6) is 0. The number of unbranched alkanes of at least 4 members (excludes halogenated alkanes) is 2. The average Bonchev–Trinajstić information content (AvgIpc) is 2.91. The molecular formula is C32H48P2+2. The fourth-order valence-electron chi connectivity index (χ4n) is 6.06. The molecule has 0 saturated carbocycles. The van der Waals surface area contributed by atoms with E-state index in [1.165, 1.54) is 63.2 Å². The summed E-state index contributed by atoms with van der Waals surface area (Å²) in [5, 5.41) is 4.86. The highest BCUT2D eigenvalue weighted by Gasteiger charge is 2.47. The number of allylic oxidation sites excluding steroid dienone is 4. The van der Waals surface area contributed by atoms with Gasteiger partial charge in [0.25, 0.3) is 0 Å². The summed E-state index contributed by atoms with van der Waals surface area (Å²) in [6.07, 6.45) is 18.5. The van der Waals surface area contributed by atoms with Crippen molar-refractivity contribution in [3.8, 4) is 0 Å². The van der Waals surface area contributed by atoms with E-state index in [1.807, 2.05) is 0 Å². The molecule has 0 nitrogen and oxygen atoms in total. The molecule has 1 atom stereocenters. The van der Waals surface area contributed by atoms with Crippen molar-refractivity contribution in [1.82, 2.24) is 0 Å². The zero-order valence-electron chi connectivity index (χ0n) is 22.5. The summed E-state index contributed by atoms with van der Waals surface area (Å²) in [6.45, 7) is 12.2. The summed E-state index contributed by atoms with van der Waals surface area (Å²) in [6, 6.07) is 23.0. The molecule has 0 heterocycles. The van der Waals surface area contributed by atoms with Crippen LogP contribution in [0, 0.1) is 0 Å². The predicted molar refractivity (Wildman–Crippen MR) is 161 cm³/mol. The molecule has 3 rings (SSSR count). The normalized spacial score (nSPS) is 15.6. The molecule has 2 aromatic carbocycles. The van der Waals surface area contributed by atoms with Crippen LogP contribution in [-0.4, -0.2) is 30.3 Å². The molecule has 1 aliphatic rings. The van der Waals surface area contributed by atoms with Crippen LogP contribution in [0.1, 0.15) is 73.1 Å². The van der Waals surface area contributed by atoms with Crippen LogP contribution in [0.25, 0.3) is 0 Å². The van der Waals surface area contributed by atoms with E-state index in [9.17, 15) is 0 Å². The van der Waals surface area contributed by atoms with Crippen LogP contribution in [0.2, 0.25) is 0 Å². The van der Waals surface area contributed by atoms with Crippen molar-refractivity contribution in [2.75, 3.05) is 24.6 Å². The molecule has 0 spiro atoms. The summed E-state index contributed by atoms with van der Waals surface area (Å²) in [5.41, 5.74) is 2.52. The molecule has 34 heavy (non-hydrogen) atoms. The van der Waals surface area contributed by atoms with Crippen molar-refractivity contribution in [1.29, 1.82) is 0 Å². The van der Waals surface area contributed by atoms with Crippen LogP contribution in [0.4, 0.5) is 0 Å². The molecule has 1 aliphatic carbocycles. The fourth-order valence-corrected chi connectivity index (χ4v) is 15.2. The van der Waals surface area contributed by atoms with Crippen molar-refractivity contribution in [3.05, 3.63) is 83.7 Å². The molecule has 0 saturated heterocycles. The minimum Gasteiger partial charge on any atom is -0.0652 e. The van der Waals surface area contributed by atoms with Crippen LogP contribution in [0.15, 0.2) is 83.7 Å². The molecule has 0 fully saturated rings. The van der Waals surface area contributed by atoms with E-state index < -0.39 is 14.5 Å². The highest BCUT2D eigenvalue weighted by molar-refractivity contribution is 7.93. The van der Waals surface area contributed by atoms with Gasteiger partial charge in [0, 0.05) is 13.7 Å². The lowest BCUT2D eigenvalue weighted by Crippen LogP contribution is -2.27. The van der Waals surface area contributed by atoms with Gasteiger partial charge in [-0.3, -0.25) is 0 Å². The number of hydrogen-bond donors (Lipinski definition) is 0. The first-order chi connectivity index (χ1) is 16.6. The Bertz CT molecular complexity index is 882. The van der Waals surface area contributed by atoms with Crippen LogP contribution in [0.3, 0.4) is 0 Å². The maximum atomic E-state index is 2.60. The maximum absolute atomic E-state index is 2.60. The van der Waals surface area contributed by atoms with Gasteiger partial charge in [-0.15, -0.1) is 0 Å². The lowest BCUT2D eigenvalue weighted by atomic mass is 10.0. The second-order valence-corrected chi connectivity index (χ2v) is 18.7. The van der Waals surface area contributed by atoms with E-state index in [1.54, 1.807) is 21.5 Å². The van der Waals surface area contributed by atoms with Crippen LogP contribution < -0.4 is 10.6 Å². The van der Waals surface area contributed by atoms with E-state index in [4.69, 9.17) is 0 Å². The summed E-state index contributed by atoms with van der Waals surface area (Å²) in [7, 11) is -2.51. The Balaban J connectivity index is 2.06. The molecule has 2 heteroatoms. The monoisotopic (exact) mass is 494 g/mol. The Labute approximate surface area is 212 Å². The van der Waals surface area contributed by atoms with Gasteiger partial charge in [-0.1, -0.05) is 69.2 Å². The summed E-state index contributed by atoms with van der Waals surface area (Å²) in [4.78, 5) is 0. The average molecular weight is 495 g/mol. The van der Waals surface area contributed by atoms with Crippen LogP contribution in [-0.2, 0) is 0 Å². The molecule has 0 aliphatic heterocycles. The molecule has 0 N–H and O–H groups in total. The van der Waals surface area contributed by atoms with Crippen molar-refractivity contribution < 1.29 is 0 Å². The molecular weight excluding hydrogens is 446 g/mol. The first kappa shape index (κ1) is 27.4. The minimum absolute atomic E-state index is 0.781. The third kappa shape index (κ3) is 5.77. The van der Waals surface area contributed by atoms with Crippen molar-refractivity contribution in [3.63, 3.8) is 0 Å². The Morgan fingerprint density at radius 1 is 0.676 bits per heavy atom. The van der Waals surface area contributed by atoms with Crippen molar-refractivity contribution in [2.24, 2.45) is 0 Å². The highest BCUT2D eigenvalue weighted by Crippen LogP contribution is 2.68. The van der Waals surface area contributed by atoms with Crippen molar-refractivity contribution in [2.45, 2.75) is 78.8 Å². The molecule has 0 aromatic heterocycles. The van der Waals surface area contributed by atoms with Gasteiger partial charge in [0.15, 0.2) is 0 Å². The van der Waals surface area contributed by atoms with E-state index >= 15 is 0 Å². The first-order valence-electron chi connectivity index (χ1n) is 13.8. The molecule has 0 radical (unpaired) electrons. The predicted octanol–water partition coefficient (Wildman–Crippen LogP) is 9.31. The quantitative estimate of drug-likeness (QED) is 0.243. The second kappa shape index (κ2) is 13.2. The standard InChI is InChI=1S/C32H48P2/c1-6-10-26-33(8-3,9-4)28(5)29-22-24-32(25-23-29)34(27-11-7-2,30-18-14-12-15-19-30)31-20-16-13-17-21-31/h12-22,24,28H,6-11,23,25-27H2,1-5H3/q+2. The Kier molecular flexibility index (Phi) is 10.6. The molecule has 2 aromatic rings. The van der Waals surface area contributed by atoms with Gasteiger partial charge in [0.1, 0.15) is 17.9 Å². The van der Waals surface area contributed by atoms with Gasteiger partial charge in [0.05, 0.1) is 35.6 Å². The zero-order valence-corrected chi connectivity index (χ0v) is 24.3. The number of benzene rings is 2. The lowest BCUT2D eigenvalue weighted by Gasteiger charge is -2.35. The van der Waals surface area contributed by atoms with E-state index in [2.05, 4.69) is 107 Å². The van der Waals surface area contributed by atoms with Crippen LogP contribution in [0.5, 0.6) is 0 Å². The third-order valence-corrected chi connectivity index (χ3v) is 18.9. The Hall–Kier alpha value is -1.22. The Morgan fingerprint density at radius 3 is 1.65 bits per heavy atom. The van der Waals surface area contributed by atoms with Gasteiger partial charge in [-0.25, -0.2) is 0 Å². The van der Waals surface area contributed by atoms with Crippen LogP contribution >= 0.6 is 14.5 Å². The van der Waals surface area contributed by atoms with E-state index in [0.29, 0.717) is 0 Å². The van der Waals surface area contributed by atoms with Gasteiger partial charge in [0.2, 0.25) is 0 Å².